The Bertz CT molecular complexity index is 1520. The minimum Gasteiger partial charge on any atom is -0.497 e. The lowest BCUT2D eigenvalue weighted by Gasteiger charge is -2.19. The van der Waals surface area contributed by atoms with E-state index < -0.39 is 18.0 Å². The van der Waals surface area contributed by atoms with Crippen molar-refractivity contribution >= 4 is 17.8 Å². The van der Waals surface area contributed by atoms with Gasteiger partial charge in [-0.2, -0.15) is 0 Å². The second kappa shape index (κ2) is 18.4. The Hall–Kier alpha value is -5.33. The maximum Gasteiger partial charge on any atom is 0.343 e. The van der Waals surface area contributed by atoms with Crippen LogP contribution in [-0.4, -0.2) is 57.5 Å². The van der Waals surface area contributed by atoms with Crippen LogP contribution in [0, 0.1) is 24.2 Å². The second-order valence-electron chi connectivity index (χ2n) is 9.65. The number of methoxy groups -OCH3 is 1. The summed E-state index contributed by atoms with van der Waals surface area (Å²) in [7, 11) is 1.62. The highest BCUT2D eigenvalue weighted by atomic mass is 16.6. The van der Waals surface area contributed by atoms with Crippen molar-refractivity contribution in [3.05, 3.63) is 114 Å². The van der Waals surface area contributed by atoms with Crippen molar-refractivity contribution in [3.8, 4) is 29.1 Å². The van der Waals surface area contributed by atoms with Gasteiger partial charge in [-0.1, -0.05) is 25.0 Å². The van der Waals surface area contributed by atoms with Crippen LogP contribution in [0.1, 0.15) is 39.9 Å². The van der Waals surface area contributed by atoms with Gasteiger partial charge in [0.15, 0.2) is 6.10 Å². The third kappa shape index (κ3) is 12.1. The zero-order valence-electron chi connectivity index (χ0n) is 25.5. The van der Waals surface area contributed by atoms with Crippen molar-refractivity contribution in [1.82, 2.24) is 0 Å². The molecule has 1 atom stereocenters. The van der Waals surface area contributed by atoms with Crippen molar-refractivity contribution < 1.29 is 38.0 Å². The van der Waals surface area contributed by atoms with E-state index in [0.717, 1.165) is 28.5 Å². The first-order chi connectivity index (χ1) is 21.8. The monoisotopic (exact) mass is 611 g/mol. The molecule has 0 saturated carbocycles. The van der Waals surface area contributed by atoms with Gasteiger partial charge in [0.25, 0.3) is 0 Å². The van der Waals surface area contributed by atoms with Crippen LogP contribution in [0.3, 0.4) is 0 Å². The van der Waals surface area contributed by atoms with Crippen molar-refractivity contribution in [2.75, 3.05) is 33.5 Å². The van der Waals surface area contributed by atoms with Crippen molar-refractivity contribution in [2.24, 2.45) is 0 Å². The summed E-state index contributed by atoms with van der Waals surface area (Å²) in [5, 5.41) is 7.77. The summed E-state index contributed by atoms with van der Waals surface area (Å²) in [5.41, 5.74) is 2.79. The highest BCUT2D eigenvalue weighted by molar-refractivity contribution is 5.91. The molecule has 0 heterocycles. The van der Waals surface area contributed by atoms with E-state index >= 15 is 0 Å². The van der Waals surface area contributed by atoms with Gasteiger partial charge >= 0.3 is 11.9 Å². The molecule has 0 fully saturated rings. The van der Waals surface area contributed by atoms with Crippen LogP contribution in [-0.2, 0) is 19.0 Å². The number of nitrogens with one attached hydrogen (secondary N) is 1. The molecule has 3 rings (SSSR count). The SMILES string of the molecule is C=CC(=N)OC(COCCCCOC(=O)C=C)COc1ccc(C(=O)Oc2ccc(C#Cc3ccc(OC)cc3)cc2C)cc1. The number of carbonyl (C=O) groups excluding carboxylic acids is 2. The molecule has 45 heavy (non-hydrogen) atoms. The number of hydrogen-bond acceptors (Lipinski definition) is 9. The van der Waals surface area contributed by atoms with Gasteiger partial charge in [-0.25, -0.2) is 9.59 Å². The molecular weight excluding hydrogens is 574 g/mol. The fraction of sp³-hybridized carbons (Fsp3) is 0.250. The zero-order chi connectivity index (χ0) is 32.4. The van der Waals surface area contributed by atoms with Gasteiger partial charge in [-0.3, -0.25) is 5.41 Å². The minimum absolute atomic E-state index is 0.101. The molecule has 0 aromatic heterocycles. The highest BCUT2D eigenvalue weighted by Gasteiger charge is 2.15. The van der Waals surface area contributed by atoms with Gasteiger partial charge in [0.2, 0.25) is 5.90 Å². The second-order valence-corrected chi connectivity index (χ2v) is 9.65. The summed E-state index contributed by atoms with van der Waals surface area (Å²) in [6, 6.07) is 19.4. The Morgan fingerprint density at radius 2 is 1.53 bits per heavy atom. The molecule has 1 N–H and O–H groups in total. The van der Waals surface area contributed by atoms with E-state index in [1.54, 1.807) is 43.5 Å². The average molecular weight is 612 g/mol. The molecule has 9 nitrogen and oxygen atoms in total. The molecule has 0 bridgehead atoms. The summed E-state index contributed by atoms with van der Waals surface area (Å²) < 4.78 is 32.7. The van der Waals surface area contributed by atoms with E-state index in [1.807, 2.05) is 37.3 Å². The number of aryl methyl sites for hydroxylation is 1. The summed E-state index contributed by atoms with van der Waals surface area (Å²) in [5.74, 6) is 6.89. The molecule has 0 aliphatic heterocycles. The molecule has 0 spiro atoms. The molecule has 3 aromatic rings. The number of hydrogen-bond donors (Lipinski definition) is 1. The van der Waals surface area contributed by atoms with E-state index in [9.17, 15) is 9.59 Å². The first-order valence-electron chi connectivity index (χ1n) is 14.3. The van der Waals surface area contributed by atoms with Gasteiger partial charge in [0, 0.05) is 23.8 Å². The average Bonchev–Trinajstić information content (AvgIpc) is 3.06. The van der Waals surface area contributed by atoms with Crippen LogP contribution in [0.4, 0.5) is 0 Å². The van der Waals surface area contributed by atoms with Gasteiger partial charge in [0.05, 0.1) is 25.9 Å². The lowest BCUT2D eigenvalue weighted by atomic mass is 10.1. The fourth-order valence-electron chi connectivity index (χ4n) is 3.79. The summed E-state index contributed by atoms with van der Waals surface area (Å²) >= 11 is 0. The smallest absolute Gasteiger partial charge is 0.343 e. The lowest BCUT2D eigenvalue weighted by Crippen LogP contribution is -2.29. The van der Waals surface area contributed by atoms with Gasteiger partial charge < -0.3 is 28.4 Å². The standard InChI is InChI=1S/C36H37NO8/c1-5-34(37)44-32(24-41-21-7-8-22-42-35(38)6-2)25-43-31-18-14-29(15-19-31)36(39)45-33-20-13-28(23-26(33)3)10-9-27-11-16-30(40-4)17-12-27/h5-6,11-20,23,32,37H,1-2,7-8,21-22,24-25H2,3-4H3. The topological polar surface area (TPSA) is 113 Å². The van der Waals surface area contributed by atoms with E-state index in [4.69, 9.17) is 33.8 Å². The summed E-state index contributed by atoms with van der Waals surface area (Å²) in [4.78, 5) is 23.9. The number of ether oxygens (including phenoxy) is 6. The molecule has 0 aliphatic carbocycles. The van der Waals surface area contributed by atoms with Crippen molar-refractivity contribution in [2.45, 2.75) is 25.9 Å². The van der Waals surface area contributed by atoms with Crippen LogP contribution in [0.15, 0.2) is 92.0 Å². The number of benzene rings is 3. The summed E-state index contributed by atoms with van der Waals surface area (Å²) in [6.45, 7) is 9.73. The van der Waals surface area contributed by atoms with Crippen LogP contribution < -0.4 is 14.2 Å². The predicted octanol–water partition coefficient (Wildman–Crippen LogP) is 6.08. The Kier molecular flexibility index (Phi) is 13.9. The Morgan fingerprint density at radius 3 is 2.20 bits per heavy atom. The molecule has 0 aliphatic rings. The largest absolute Gasteiger partial charge is 0.497 e. The number of carbonyl (C=O) groups is 2. The first-order valence-corrected chi connectivity index (χ1v) is 14.3. The molecule has 0 saturated heterocycles. The van der Waals surface area contributed by atoms with Gasteiger partial charge in [-0.05, 0) is 98.1 Å². The van der Waals surface area contributed by atoms with E-state index in [2.05, 4.69) is 25.0 Å². The van der Waals surface area contributed by atoms with Crippen molar-refractivity contribution in [3.63, 3.8) is 0 Å². The Balaban J connectivity index is 1.49. The number of rotatable bonds is 16. The molecule has 1 unspecified atom stereocenters. The summed E-state index contributed by atoms with van der Waals surface area (Å²) in [6.07, 6.45) is 3.16. The maximum atomic E-state index is 12.8. The number of unbranched alkanes of at least 4 members (excludes halogenated alkanes) is 1. The zero-order valence-corrected chi connectivity index (χ0v) is 25.5. The quantitative estimate of drug-likeness (QED) is 0.0395. The minimum atomic E-state index is -0.564. The predicted molar refractivity (Wildman–Crippen MR) is 171 cm³/mol. The molecular formula is C36H37NO8. The van der Waals surface area contributed by atoms with Crippen LogP contribution in [0.5, 0.6) is 17.2 Å². The third-order valence-corrected chi connectivity index (χ3v) is 6.22. The molecule has 9 heteroatoms. The third-order valence-electron chi connectivity index (χ3n) is 6.22. The molecule has 0 amide bonds. The molecule has 3 aromatic carbocycles. The fourth-order valence-corrected chi connectivity index (χ4v) is 3.79. The van der Waals surface area contributed by atoms with E-state index in [0.29, 0.717) is 36.5 Å². The normalized spacial score (nSPS) is 10.8. The highest BCUT2D eigenvalue weighted by Crippen LogP contribution is 2.21. The van der Waals surface area contributed by atoms with E-state index in [-0.39, 0.29) is 25.7 Å². The Morgan fingerprint density at radius 1 is 0.867 bits per heavy atom. The van der Waals surface area contributed by atoms with Crippen LogP contribution in [0.25, 0.3) is 0 Å². The number of esters is 2. The Labute approximate surface area is 263 Å². The van der Waals surface area contributed by atoms with Crippen molar-refractivity contribution in [1.29, 1.82) is 5.41 Å². The molecule has 234 valence electrons. The van der Waals surface area contributed by atoms with Gasteiger partial charge in [-0.15, -0.1) is 0 Å². The lowest BCUT2D eigenvalue weighted by molar-refractivity contribution is -0.137. The van der Waals surface area contributed by atoms with Crippen LogP contribution >= 0.6 is 0 Å². The van der Waals surface area contributed by atoms with Gasteiger partial charge in [0.1, 0.15) is 23.9 Å². The molecule has 0 radical (unpaired) electrons. The maximum absolute atomic E-state index is 12.8. The first kappa shape index (κ1) is 34.2. The van der Waals surface area contributed by atoms with Crippen LogP contribution in [0.2, 0.25) is 0 Å². The van der Waals surface area contributed by atoms with E-state index in [1.165, 1.54) is 6.08 Å².